The number of rotatable bonds is 7. The Morgan fingerprint density at radius 2 is 1.77 bits per heavy atom. The summed E-state index contributed by atoms with van der Waals surface area (Å²) in [5, 5.41) is 13.9. The lowest BCUT2D eigenvalue weighted by Crippen LogP contribution is -2.53. The summed E-state index contributed by atoms with van der Waals surface area (Å²) >= 11 is 0. The van der Waals surface area contributed by atoms with Crippen LogP contribution in [0.1, 0.15) is 45.6 Å². The number of carbonyl (C=O) groups excluding carboxylic acids is 2. The largest absolute Gasteiger partial charge is 0.389 e. The van der Waals surface area contributed by atoms with Gasteiger partial charge in [-0.25, -0.2) is 14.8 Å². The molecule has 2 rings (SSSR count). The van der Waals surface area contributed by atoms with Crippen molar-refractivity contribution in [1.29, 1.82) is 0 Å². The molecule has 3 amide bonds. The average Bonchev–Trinajstić information content (AvgIpc) is 2.74. The van der Waals surface area contributed by atoms with Gasteiger partial charge in [0.15, 0.2) is 0 Å². The fourth-order valence-corrected chi connectivity index (χ4v) is 3.45. The first-order valence-corrected chi connectivity index (χ1v) is 9.63. The zero-order chi connectivity index (χ0) is 19.1. The van der Waals surface area contributed by atoms with Crippen LogP contribution in [0, 0.1) is 0 Å². The first-order chi connectivity index (χ1) is 12.5. The summed E-state index contributed by atoms with van der Waals surface area (Å²) in [5.41, 5.74) is 1.07. The van der Waals surface area contributed by atoms with E-state index in [1.165, 1.54) is 10.0 Å². The van der Waals surface area contributed by atoms with E-state index >= 15 is 0 Å². The van der Waals surface area contributed by atoms with Gasteiger partial charge in [-0.2, -0.15) is 0 Å². The lowest BCUT2D eigenvalue weighted by atomic mass is 9.99. The summed E-state index contributed by atoms with van der Waals surface area (Å²) in [6, 6.07) is 9.34. The molecule has 0 bridgehead atoms. The van der Waals surface area contributed by atoms with Crippen LogP contribution in [-0.2, 0) is 11.2 Å². The van der Waals surface area contributed by atoms with Crippen LogP contribution in [0.4, 0.5) is 4.79 Å². The topological polar surface area (TPSA) is 64.1 Å². The molecule has 2 atom stereocenters. The van der Waals surface area contributed by atoms with Gasteiger partial charge in [-0.1, -0.05) is 51.1 Å². The van der Waals surface area contributed by atoms with Crippen LogP contribution < -0.4 is 0 Å². The first-order valence-electron chi connectivity index (χ1n) is 9.63. The molecule has 0 aromatic heterocycles. The molecule has 1 aromatic rings. The number of aliphatic hydroxyl groups excluding tert-OH is 1. The van der Waals surface area contributed by atoms with Crippen LogP contribution in [0.15, 0.2) is 30.3 Å². The molecule has 1 aromatic carbocycles. The summed E-state index contributed by atoms with van der Waals surface area (Å²) in [6.07, 6.45) is 1.63. The van der Waals surface area contributed by atoms with Crippen molar-refractivity contribution >= 4 is 11.9 Å². The molecule has 0 radical (unpaired) electrons. The van der Waals surface area contributed by atoms with Gasteiger partial charge in [-0.3, -0.25) is 4.79 Å². The van der Waals surface area contributed by atoms with Crippen molar-refractivity contribution in [3.8, 4) is 0 Å². The number of urea groups is 1. The highest BCUT2D eigenvalue weighted by Crippen LogP contribution is 2.22. The van der Waals surface area contributed by atoms with Crippen LogP contribution in [0.3, 0.4) is 0 Å². The van der Waals surface area contributed by atoms with E-state index in [-0.39, 0.29) is 24.5 Å². The fourth-order valence-electron chi connectivity index (χ4n) is 3.45. The maximum absolute atomic E-state index is 13.2. The van der Waals surface area contributed by atoms with Gasteiger partial charge in [-0.05, 0) is 24.8 Å². The van der Waals surface area contributed by atoms with E-state index in [0.29, 0.717) is 25.9 Å². The third kappa shape index (κ3) is 4.55. The number of hydrazine groups is 1. The van der Waals surface area contributed by atoms with Crippen molar-refractivity contribution in [3.05, 3.63) is 35.9 Å². The molecular formula is C20H31N3O3. The predicted molar refractivity (Wildman–Crippen MR) is 101 cm³/mol. The van der Waals surface area contributed by atoms with E-state index in [2.05, 4.69) is 0 Å². The average molecular weight is 361 g/mol. The normalized spacial score (nSPS) is 21.1. The highest BCUT2D eigenvalue weighted by Gasteiger charge is 2.40. The van der Waals surface area contributed by atoms with E-state index in [1.807, 2.05) is 44.2 Å². The minimum absolute atomic E-state index is 0.136. The molecule has 0 aliphatic carbocycles. The van der Waals surface area contributed by atoms with Gasteiger partial charge in [0.05, 0.1) is 18.7 Å². The smallest absolute Gasteiger partial charge is 0.339 e. The second-order valence-corrected chi connectivity index (χ2v) is 6.75. The molecule has 0 unspecified atom stereocenters. The Labute approximate surface area is 156 Å². The molecule has 144 valence electrons. The van der Waals surface area contributed by atoms with Crippen molar-refractivity contribution in [2.45, 2.75) is 58.6 Å². The van der Waals surface area contributed by atoms with Gasteiger partial charge in [-0.15, -0.1) is 0 Å². The number of nitrogens with zero attached hydrogens (tertiary/aromatic N) is 3. The van der Waals surface area contributed by atoms with Crippen molar-refractivity contribution in [3.63, 3.8) is 0 Å². The van der Waals surface area contributed by atoms with E-state index in [0.717, 1.165) is 18.4 Å². The highest BCUT2D eigenvalue weighted by molar-refractivity contribution is 5.82. The van der Waals surface area contributed by atoms with Crippen LogP contribution in [0.5, 0.6) is 0 Å². The summed E-state index contributed by atoms with van der Waals surface area (Å²) in [5.74, 6) is -0.136. The standard InChI is InChI=1S/C20H31N3O3/c1-4-12-21-17(14-16-10-8-7-9-11-16)18(24)15-23(19(25)6-3)22(13-5-2)20(21)26/h7-11,17-18,24H,4-6,12-15H2,1-3H3/t17-,18-/m1/s1. The Morgan fingerprint density at radius 1 is 1.12 bits per heavy atom. The van der Waals surface area contributed by atoms with Gasteiger partial charge >= 0.3 is 6.03 Å². The minimum Gasteiger partial charge on any atom is -0.389 e. The Balaban J connectivity index is 2.37. The lowest BCUT2D eigenvalue weighted by Gasteiger charge is -2.35. The van der Waals surface area contributed by atoms with Crippen molar-refractivity contribution in [2.24, 2.45) is 0 Å². The number of hydrogen-bond acceptors (Lipinski definition) is 3. The van der Waals surface area contributed by atoms with Gasteiger partial charge < -0.3 is 10.0 Å². The molecule has 1 N–H and O–H groups in total. The zero-order valence-electron chi connectivity index (χ0n) is 16.1. The maximum Gasteiger partial charge on any atom is 0.339 e. The van der Waals surface area contributed by atoms with E-state index in [1.54, 1.807) is 11.8 Å². The SMILES string of the molecule is CCCN1C(=O)N(CCC)N(C(=O)CC)C[C@@H](O)[C@H]1Cc1ccccc1. The molecule has 6 nitrogen and oxygen atoms in total. The van der Waals surface area contributed by atoms with Crippen molar-refractivity contribution in [1.82, 2.24) is 14.9 Å². The maximum atomic E-state index is 13.2. The number of β-amino-alcohol motifs (C(OH)–C–C–N with tert-alkyl or cyclic N) is 1. The van der Waals surface area contributed by atoms with Crippen LogP contribution in [0.25, 0.3) is 0 Å². The Hall–Kier alpha value is -2.08. The van der Waals surface area contributed by atoms with Crippen LogP contribution in [-0.4, -0.2) is 63.7 Å². The molecule has 6 heteroatoms. The minimum atomic E-state index is -0.789. The van der Waals surface area contributed by atoms with Crippen LogP contribution >= 0.6 is 0 Å². The summed E-state index contributed by atoms with van der Waals surface area (Å²) in [4.78, 5) is 27.4. The second kappa shape index (κ2) is 9.57. The number of hydrogen-bond donors (Lipinski definition) is 1. The molecule has 1 fully saturated rings. The molecule has 26 heavy (non-hydrogen) atoms. The van der Waals surface area contributed by atoms with Gasteiger partial charge in [0.2, 0.25) is 5.91 Å². The Morgan fingerprint density at radius 3 is 2.35 bits per heavy atom. The lowest BCUT2D eigenvalue weighted by molar-refractivity contribution is -0.145. The quantitative estimate of drug-likeness (QED) is 0.812. The van der Waals surface area contributed by atoms with E-state index < -0.39 is 6.10 Å². The third-order valence-corrected chi connectivity index (χ3v) is 4.74. The highest BCUT2D eigenvalue weighted by atomic mass is 16.3. The molecule has 0 spiro atoms. The molecule has 1 aliphatic heterocycles. The monoisotopic (exact) mass is 361 g/mol. The Bertz CT molecular complexity index is 593. The zero-order valence-corrected chi connectivity index (χ0v) is 16.1. The molecule has 1 saturated heterocycles. The van der Waals surface area contributed by atoms with Gasteiger partial charge in [0.25, 0.3) is 0 Å². The number of aliphatic hydroxyl groups is 1. The van der Waals surface area contributed by atoms with Crippen LogP contribution in [0.2, 0.25) is 0 Å². The van der Waals surface area contributed by atoms with E-state index in [9.17, 15) is 14.7 Å². The van der Waals surface area contributed by atoms with Crippen molar-refractivity contribution < 1.29 is 14.7 Å². The molecule has 1 aliphatic rings. The third-order valence-electron chi connectivity index (χ3n) is 4.74. The summed E-state index contributed by atoms with van der Waals surface area (Å²) in [6.45, 7) is 6.95. The summed E-state index contributed by atoms with van der Waals surface area (Å²) in [7, 11) is 0. The predicted octanol–water partition coefficient (Wildman–Crippen LogP) is 2.67. The van der Waals surface area contributed by atoms with E-state index in [4.69, 9.17) is 0 Å². The molecule has 1 heterocycles. The summed E-state index contributed by atoms with van der Waals surface area (Å²) < 4.78 is 0. The fraction of sp³-hybridized carbons (Fsp3) is 0.600. The second-order valence-electron chi connectivity index (χ2n) is 6.75. The molecule has 0 saturated carbocycles. The molecular weight excluding hydrogens is 330 g/mol. The number of carbonyl (C=O) groups is 2. The van der Waals surface area contributed by atoms with Crippen molar-refractivity contribution in [2.75, 3.05) is 19.6 Å². The van der Waals surface area contributed by atoms with Gasteiger partial charge in [0, 0.05) is 19.5 Å². The number of amides is 3. The van der Waals surface area contributed by atoms with Gasteiger partial charge in [0.1, 0.15) is 0 Å². The first kappa shape index (κ1) is 20.2. The Kier molecular flexibility index (Phi) is 7.45. The number of benzene rings is 1.